The quantitative estimate of drug-likeness (QED) is 0.452. The first-order chi connectivity index (χ1) is 13.7. The highest BCUT2D eigenvalue weighted by Gasteiger charge is 2.25. The van der Waals surface area contributed by atoms with Gasteiger partial charge in [0, 0.05) is 6.42 Å². The van der Waals surface area contributed by atoms with E-state index in [4.69, 9.17) is 4.52 Å². The molecule has 0 aliphatic carbocycles. The molecule has 5 aromatic rings. The van der Waals surface area contributed by atoms with Crippen LogP contribution in [0.1, 0.15) is 24.1 Å². The Morgan fingerprint density at radius 2 is 1.96 bits per heavy atom. The highest BCUT2D eigenvalue weighted by atomic mass is 32.1. The zero-order valence-electron chi connectivity index (χ0n) is 15.3. The monoisotopic (exact) mass is 392 g/mol. The van der Waals surface area contributed by atoms with Crippen molar-refractivity contribution in [2.24, 2.45) is 0 Å². The Bertz CT molecular complexity index is 1250. The van der Waals surface area contributed by atoms with Crippen LogP contribution in [0.25, 0.3) is 33.4 Å². The molecule has 10 heteroatoms. The fourth-order valence-electron chi connectivity index (χ4n) is 2.99. The van der Waals surface area contributed by atoms with E-state index in [1.54, 1.807) is 26.8 Å². The Labute approximate surface area is 163 Å². The minimum absolute atomic E-state index is 0.569. The smallest absolute Gasteiger partial charge is 0.234 e. The van der Waals surface area contributed by atoms with Crippen LogP contribution in [0.2, 0.25) is 0 Å². The number of fused-ring (bicyclic) bond motifs is 1. The summed E-state index contributed by atoms with van der Waals surface area (Å²) in [5.41, 5.74) is 2.75. The molecule has 0 atom stereocenters. The number of para-hydroxylation sites is 1. The van der Waals surface area contributed by atoms with Crippen molar-refractivity contribution in [2.45, 2.75) is 26.7 Å². The molecule has 4 aromatic heterocycles. The van der Waals surface area contributed by atoms with E-state index in [1.165, 1.54) is 0 Å². The van der Waals surface area contributed by atoms with Crippen LogP contribution in [-0.2, 0) is 6.42 Å². The second-order valence-corrected chi connectivity index (χ2v) is 7.32. The van der Waals surface area contributed by atoms with Crippen LogP contribution in [0.5, 0.6) is 0 Å². The highest BCUT2D eigenvalue weighted by molar-refractivity contribution is 7.16. The summed E-state index contributed by atoms with van der Waals surface area (Å²) in [6.07, 6.45) is 3.60. The number of aryl methyl sites for hydroxylation is 2. The maximum absolute atomic E-state index is 5.46. The summed E-state index contributed by atoms with van der Waals surface area (Å²) in [6.45, 7) is 3.97. The van der Waals surface area contributed by atoms with E-state index < -0.39 is 0 Å². The third-order valence-electron chi connectivity index (χ3n) is 4.30. The van der Waals surface area contributed by atoms with Gasteiger partial charge in [-0.05, 0) is 25.5 Å². The molecule has 0 unspecified atom stereocenters. The Hall–Kier alpha value is -3.40. The lowest BCUT2D eigenvalue weighted by Crippen LogP contribution is -1.98. The number of rotatable bonds is 5. The molecule has 0 saturated heterocycles. The summed E-state index contributed by atoms with van der Waals surface area (Å²) in [5.74, 6) is 1.22. The molecular formula is C18H16N8OS. The summed E-state index contributed by atoms with van der Waals surface area (Å²) >= 11 is 1.54. The van der Waals surface area contributed by atoms with Crippen LogP contribution in [0.15, 0.2) is 41.1 Å². The minimum atomic E-state index is 0.569. The molecule has 140 valence electrons. The lowest BCUT2D eigenvalue weighted by molar-refractivity contribution is 0.400. The molecule has 0 aliphatic rings. The van der Waals surface area contributed by atoms with Gasteiger partial charge in [0.05, 0.1) is 17.4 Å². The number of nitrogens with zero attached hydrogens (tertiary/aromatic N) is 8. The van der Waals surface area contributed by atoms with E-state index >= 15 is 0 Å². The third kappa shape index (κ3) is 2.69. The van der Waals surface area contributed by atoms with E-state index in [0.29, 0.717) is 23.0 Å². The van der Waals surface area contributed by atoms with Crippen LogP contribution in [0, 0.1) is 6.92 Å². The normalized spacial score (nSPS) is 11.5. The first-order valence-electron chi connectivity index (χ1n) is 8.90. The predicted molar refractivity (Wildman–Crippen MR) is 103 cm³/mol. The minimum Gasteiger partial charge on any atom is -0.360 e. The highest BCUT2D eigenvalue weighted by Crippen LogP contribution is 2.33. The van der Waals surface area contributed by atoms with E-state index in [-0.39, 0.29) is 0 Å². The van der Waals surface area contributed by atoms with E-state index in [9.17, 15) is 0 Å². The van der Waals surface area contributed by atoms with Crippen molar-refractivity contribution in [3.05, 3.63) is 47.3 Å². The Morgan fingerprint density at radius 3 is 2.79 bits per heavy atom. The van der Waals surface area contributed by atoms with Gasteiger partial charge in [-0.1, -0.05) is 41.6 Å². The van der Waals surface area contributed by atoms with Gasteiger partial charge in [-0.25, -0.2) is 0 Å². The Kier molecular flexibility index (Phi) is 3.97. The summed E-state index contributed by atoms with van der Waals surface area (Å²) in [7, 11) is 0. The average Bonchev–Trinajstić information content (AvgIpc) is 3.46. The maximum atomic E-state index is 5.46. The standard InChI is InChI=1S/C18H16N8OS/c1-3-7-14-23-25-17(20-21-18(25)28-14)15-11(2)27-24-16(15)13-10-19-26(22-13)12-8-5-4-6-9-12/h4-6,8-10H,3,7H2,1-2H3. The molecule has 9 nitrogen and oxygen atoms in total. The second kappa shape index (κ2) is 6.64. The van der Waals surface area contributed by atoms with Crippen molar-refractivity contribution in [2.75, 3.05) is 0 Å². The van der Waals surface area contributed by atoms with Crippen LogP contribution in [-0.4, -0.2) is 40.0 Å². The zero-order valence-corrected chi connectivity index (χ0v) is 16.1. The van der Waals surface area contributed by atoms with Gasteiger partial charge in [-0.3, -0.25) is 0 Å². The summed E-state index contributed by atoms with van der Waals surface area (Å²) in [6, 6.07) is 9.70. The van der Waals surface area contributed by atoms with E-state index in [1.807, 2.05) is 37.3 Å². The van der Waals surface area contributed by atoms with Crippen molar-refractivity contribution in [1.29, 1.82) is 0 Å². The summed E-state index contributed by atoms with van der Waals surface area (Å²) < 4.78 is 7.21. The first kappa shape index (κ1) is 16.8. The molecule has 0 bridgehead atoms. The fraction of sp³-hybridized carbons (Fsp3) is 0.222. The van der Waals surface area contributed by atoms with Crippen LogP contribution in [0.4, 0.5) is 0 Å². The predicted octanol–water partition coefficient (Wildman–Crippen LogP) is 3.35. The second-order valence-electron chi connectivity index (χ2n) is 6.28. The maximum Gasteiger partial charge on any atom is 0.234 e. The van der Waals surface area contributed by atoms with Crippen molar-refractivity contribution >= 4 is 16.3 Å². The first-order valence-corrected chi connectivity index (χ1v) is 9.72. The molecule has 0 radical (unpaired) electrons. The third-order valence-corrected chi connectivity index (χ3v) is 5.26. The SMILES string of the molecule is CCCc1nn2c(-c3c(-c4cnn(-c5ccccc5)n4)noc3C)nnc2s1. The molecule has 0 N–H and O–H groups in total. The molecule has 28 heavy (non-hydrogen) atoms. The van der Waals surface area contributed by atoms with Gasteiger partial charge in [-0.2, -0.15) is 19.5 Å². The van der Waals surface area contributed by atoms with E-state index in [0.717, 1.165) is 34.1 Å². The molecule has 0 spiro atoms. The van der Waals surface area contributed by atoms with Gasteiger partial charge in [0.2, 0.25) is 4.96 Å². The largest absolute Gasteiger partial charge is 0.360 e. The molecule has 0 saturated carbocycles. The van der Waals surface area contributed by atoms with Gasteiger partial charge in [-0.15, -0.1) is 15.3 Å². The molecule has 4 heterocycles. The summed E-state index contributed by atoms with van der Waals surface area (Å²) in [5, 5.41) is 27.4. The van der Waals surface area contributed by atoms with Gasteiger partial charge in [0.25, 0.3) is 0 Å². The number of aromatic nitrogens is 8. The van der Waals surface area contributed by atoms with Crippen molar-refractivity contribution in [3.63, 3.8) is 0 Å². The number of hydrogen-bond donors (Lipinski definition) is 0. The van der Waals surface area contributed by atoms with Crippen LogP contribution < -0.4 is 0 Å². The fourth-order valence-corrected chi connectivity index (χ4v) is 3.93. The van der Waals surface area contributed by atoms with Gasteiger partial charge in [0.1, 0.15) is 22.2 Å². The molecular weight excluding hydrogens is 376 g/mol. The van der Waals surface area contributed by atoms with Crippen molar-refractivity contribution in [3.8, 4) is 28.5 Å². The number of benzene rings is 1. The van der Waals surface area contributed by atoms with Gasteiger partial charge in [0.15, 0.2) is 5.82 Å². The van der Waals surface area contributed by atoms with E-state index in [2.05, 4.69) is 37.6 Å². The average molecular weight is 392 g/mol. The Balaban J connectivity index is 1.60. The van der Waals surface area contributed by atoms with Gasteiger partial charge < -0.3 is 4.52 Å². The number of hydrogen-bond acceptors (Lipinski definition) is 8. The van der Waals surface area contributed by atoms with Crippen molar-refractivity contribution in [1.82, 2.24) is 40.0 Å². The molecule has 5 rings (SSSR count). The lowest BCUT2D eigenvalue weighted by atomic mass is 10.1. The van der Waals surface area contributed by atoms with Crippen LogP contribution >= 0.6 is 11.3 Å². The van der Waals surface area contributed by atoms with Crippen LogP contribution in [0.3, 0.4) is 0 Å². The zero-order chi connectivity index (χ0) is 19.1. The topological polar surface area (TPSA) is 99.8 Å². The Morgan fingerprint density at radius 1 is 1.11 bits per heavy atom. The van der Waals surface area contributed by atoms with Gasteiger partial charge >= 0.3 is 0 Å². The lowest BCUT2D eigenvalue weighted by Gasteiger charge is -1.98. The van der Waals surface area contributed by atoms with Crippen molar-refractivity contribution < 1.29 is 4.52 Å². The molecule has 0 fully saturated rings. The summed E-state index contributed by atoms with van der Waals surface area (Å²) in [4.78, 5) is 2.31. The molecule has 0 amide bonds. The molecule has 0 aliphatic heterocycles. The molecule has 1 aromatic carbocycles.